The molecule has 0 saturated carbocycles. The van der Waals surface area contributed by atoms with Crippen LogP contribution in [0.25, 0.3) is 10.9 Å². The lowest BCUT2D eigenvalue weighted by atomic mass is 10.2. The Balaban J connectivity index is 0.000000461. The lowest BCUT2D eigenvalue weighted by molar-refractivity contribution is 1.26. The molecule has 1 unspecified atom stereocenters. The second-order valence-corrected chi connectivity index (χ2v) is 3.57. The van der Waals surface area contributed by atoms with Crippen LogP contribution in [0.15, 0.2) is 30.3 Å². The van der Waals surface area contributed by atoms with E-state index in [0.717, 1.165) is 11.2 Å². The quantitative estimate of drug-likeness (QED) is 0.602. The highest BCUT2D eigenvalue weighted by molar-refractivity contribution is 7.27. The number of nitrogens with zero attached hydrogens (tertiary/aromatic N) is 1. The molecule has 2 heteroatoms. The molecule has 1 nitrogen and oxygen atoms in total. The number of hydrogen-bond donors (Lipinski definition) is 0. The molecule has 1 aromatic heterocycles. The molecule has 14 heavy (non-hydrogen) atoms. The van der Waals surface area contributed by atoms with Gasteiger partial charge in [0.05, 0.1) is 5.52 Å². The predicted octanol–water partition coefficient (Wildman–Crippen LogP) is 3.07. The molecule has 1 aromatic carbocycles. The normalized spacial score (nSPS) is 9.43. The number of benzene rings is 1. The first-order valence-corrected chi connectivity index (χ1v) is 5.46. The van der Waals surface area contributed by atoms with Gasteiger partial charge in [-0.2, -0.15) is 0 Å². The molecule has 1 heterocycles. The van der Waals surface area contributed by atoms with Crippen LogP contribution in [-0.4, -0.2) is 4.98 Å². The minimum absolute atomic E-state index is 1.07. The average molecular weight is 205 g/mol. The van der Waals surface area contributed by atoms with Gasteiger partial charge in [0.15, 0.2) is 0 Å². The van der Waals surface area contributed by atoms with Gasteiger partial charge >= 0.3 is 0 Å². The summed E-state index contributed by atoms with van der Waals surface area (Å²) in [4.78, 5) is 4.41. The second kappa shape index (κ2) is 5.07. The van der Waals surface area contributed by atoms with E-state index in [2.05, 4.69) is 32.4 Å². The van der Waals surface area contributed by atoms with Crippen molar-refractivity contribution in [3.63, 3.8) is 0 Å². The van der Waals surface area contributed by atoms with Crippen LogP contribution in [0.1, 0.15) is 19.5 Å². The molecule has 2 aromatic rings. The van der Waals surface area contributed by atoms with Gasteiger partial charge in [0, 0.05) is 11.1 Å². The second-order valence-electron chi connectivity index (χ2n) is 2.90. The van der Waals surface area contributed by atoms with Gasteiger partial charge in [-0.1, -0.05) is 26.0 Å². The van der Waals surface area contributed by atoms with E-state index in [0.29, 0.717) is 0 Å². The van der Waals surface area contributed by atoms with Crippen LogP contribution < -0.4 is 5.30 Å². The molecule has 0 amide bonds. The fraction of sp³-hybridized carbons (Fsp3) is 0.250. The zero-order chi connectivity index (χ0) is 10.6. The first kappa shape index (κ1) is 11.1. The Morgan fingerprint density at radius 2 is 1.79 bits per heavy atom. The molecule has 0 aliphatic rings. The maximum Gasteiger partial charge on any atom is 0.0705 e. The molecular weight excluding hydrogens is 189 g/mol. The van der Waals surface area contributed by atoms with Crippen LogP contribution in [0, 0.1) is 6.92 Å². The van der Waals surface area contributed by atoms with Gasteiger partial charge in [-0.25, -0.2) is 0 Å². The zero-order valence-electron chi connectivity index (χ0n) is 8.91. The van der Waals surface area contributed by atoms with Crippen molar-refractivity contribution in [2.24, 2.45) is 0 Å². The van der Waals surface area contributed by atoms with Crippen molar-refractivity contribution >= 4 is 25.4 Å². The van der Waals surface area contributed by atoms with Gasteiger partial charge in [0.25, 0.3) is 0 Å². The molecule has 1 atom stereocenters. The molecule has 0 N–H and O–H groups in total. The molecule has 0 aliphatic carbocycles. The number of rotatable bonds is 0. The summed E-state index contributed by atoms with van der Waals surface area (Å²) in [5, 5.41) is 2.40. The predicted molar refractivity (Wildman–Crippen MR) is 67.2 cm³/mol. The minimum atomic E-state index is 1.07. The Morgan fingerprint density at radius 3 is 2.50 bits per heavy atom. The fourth-order valence-electron chi connectivity index (χ4n) is 1.25. The highest BCUT2D eigenvalue weighted by Gasteiger charge is 1.94. The molecule has 0 aliphatic heterocycles. The maximum absolute atomic E-state index is 4.41. The Hall–Kier alpha value is -0.940. The van der Waals surface area contributed by atoms with Crippen molar-refractivity contribution in [3.8, 4) is 0 Å². The number of pyridine rings is 1. The summed E-state index contributed by atoms with van der Waals surface area (Å²) in [6.45, 7) is 6.01. The van der Waals surface area contributed by atoms with Crippen molar-refractivity contribution in [2.75, 3.05) is 0 Å². The van der Waals surface area contributed by atoms with E-state index in [1.54, 1.807) is 0 Å². The summed E-state index contributed by atoms with van der Waals surface area (Å²) < 4.78 is 0. The van der Waals surface area contributed by atoms with Gasteiger partial charge in [0.1, 0.15) is 0 Å². The van der Waals surface area contributed by atoms with Gasteiger partial charge in [0.2, 0.25) is 0 Å². The molecule has 0 saturated heterocycles. The van der Waals surface area contributed by atoms with Gasteiger partial charge in [-0.15, -0.1) is 9.24 Å². The third-order valence-electron chi connectivity index (χ3n) is 1.85. The lowest BCUT2D eigenvalue weighted by Gasteiger charge is -1.98. The van der Waals surface area contributed by atoms with E-state index >= 15 is 0 Å². The van der Waals surface area contributed by atoms with E-state index in [1.165, 1.54) is 10.7 Å². The van der Waals surface area contributed by atoms with Gasteiger partial charge in [-0.3, -0.25) is 4.98 Å². The third-order valence-corrected chi connectivity index (χ3v) is 2.21. The van der Waals surface area contributed by atoms with E-state index in [1.807, 2.05) is 32.9 Å². The van der Waals surface area contributed by atoms with Crippen LogP contribution in [0.2, 0.25) is 0 Å². The summed E-state index contributed by atoms with van der Waals surface area (Å²) in [6.07, 6.45) is 0. The van der Waals surface area contributed by atoms with E-state index in [4.69, 9.17) is 0 Å². The fourth-order valence-corrected chi connectivity index (χ4v) is 1.52. The summed E-state index contributed by atoms with van der Waals surface area (Å²) in [7, 11) is 2.69. The number of hydrogen-bond acceptors (Lipinski definition) is 1. The summed E-state index contributed by atoms with van der Waals surface area (Å²) in [5.41, 5.74) is 2.14. The Labute approximate surface area is 87.8 Å². The smallest absolute Gasteiger partial charge is 0.0705 e. The number of fused-ring (bicyclic) bond motifs is 1. The lowest BCUT2D eigenvalue weighted by Crippen LogP contribution is -1.90. The largest absolute Gasteiger partial charge is 0.253 e. The van der Waals surface area contributed by atoms with Crippen LogP contribution in [0.5, 0.6) is 0 Å². The number of aromatic nitrogens is 1. The molecule has 74 valence electrons. The Bertz CT molecular complexity index is 382. The molecule has 2 rings (SSSR count). The monoisotopic (exact) mass is 205 g/mol. The number of aryl methyl sites for hydroxylation is 1. The summed E-state index contributed by atoms with van der Waals surface area (Å²) in [6, 6.07) is 10.4. The van der Waals surface area contributed by atoms with Crippen LogP contribution in [0.4, 0.5) is 0 Å². The van der Waals surface area contributed by atoms with Crippen molar-refractivity contribution in [1.82, 2.24) is 4.98 Å². The van der Waals surface area contributed by atoms with Crippen LogP contribution >= 0.6 is 9.24 Å². The van der Waals surface area contributed by atoms with E-state index in [9.17, 15) is 0 Å². The molecule has 0 radical (unpaired) electrons. The standard InChI is InChI=1S/C10H10NP.C2H6/c1-7-2-3-8-6-9(12)4-5-10(8)11-7;1-2/h2-6H,12H2,1H3;1-2H3. The van der Waals surface area contributed by atoms with Crippen LogP contribution in [-0.2, 0) is 0 Å². The van der Waals surface area contributed by atoms with Gasteiger partial charge < -0.3 is 0 Å². The van der Waals surface area contributed by atoms with Crippen molar-refractivity contribution < 1.29 is 0 Å². The molecule has 0 bridgehead atoms. The van der Waals surface area contributed by atoms with E-state index < -0.39 is 0 Å². The molecular formula is C12H16NP. The molecule has 0 fully saturated rings. The highest BCUT2D eigenvalue weighted by atomic mass is 31.0. The van der Waals surface area contributed by atoms with E-state index in [-0.39, 0.29) is 0 Å². The third kappa shape index (κ3) is 2.52. The maximum atomic E-state index is 4.41. The minimum Gasteiger partial charge on any atom is -0.253 e. The topological polar surface area (TPSA) is 12.9 Å². The first-order chi connectivity index (χ1) is 6.75. The molecule has 0 spiro atoms. The average Bonchev–Trinajstić information content (AvgIpc) is 2.21. The summed E-state index contributed by atoms with van der Waals surface area (Å²) >= 11 is 0. The van der Waals surface area contributed by atoms with Crippen LogP contribution in [0.3, 0.4) is 0 Å². The highest BCUT2D eigenvalue weighted by Crippen LogP contribution is 2.11. The zero-order valence-corrected chi connectivity index (χ0v) is 10.1. The Kier molecular flexibility index (Phi) is 4.03. The van der Waals surface area contributed by atoms with Crippen molar-refractivity contribution in [3.05, 3.63) is 36.0 Å². The van der Waals surface area contributed by atoms with Gasteiger partial charge in [-0.05, 0) is 30.4 Å². The van der Waals surface area contributed by atoms with Crippen molar-refractivity contribution in [2.45, 2.75) is 20.8 Å². The first-order valence-electron chi connectivity index (χ1n) is 4.88. The Morgan fingerprint density at radius 1 is 1.07 bits per heavy atom. The summed E-state index contributed by atoms with van der Waals surface area (Å²) in [5.74, 6) is 0. The SMILES string of the molecule is CC.Cc1ccc2cc(P)ccc2n1. The van der Waals surface area contributed by atoms with Crippen molar-refractivity contribution in [1.29, 1.82) is 0 Å².